The van der Waals surface area contributed by atoms with Gasteiger partial charge in [-0.2, -0.15) is 4.72 Å². The van der Waals surface area contributed by atoms with E-state index in [9.17, 15) is 23.1 Å². The van der Waals surface area contributed by atoms with Gasteiger partial charge in [0.15, 0.2) is 0 Å². The van der Waals surface area contributed by atoms with Gasteiger partial charge in [-0.15, -0.1) is 0 Å². The van der Waals surface area contributed by atoms with Crippen molar-refractivity contribution in [2.75, 3.05) is 5.32 Å². The SMILES string of the molecule is O=C(Nc1ccc(S(=O)(=O)N[C@@]2(C(=O)O)C[C@@H]2c2ccccc2)cc1)c1ccccc1. The van der Waals surface area contributed by atoms with Gasteiger partial charge in [-0.25, -0.2) is 8.42 Å². The molecule has 0 aromatic heterocycles. The molecule has 3 N–H and O–H groups in total. The predicted octanol–water partition coefficient (Wildman–Crippen LogP) is 3.23. The zero-order valence-corrected chi connectivity index (χ0v) is 17.2. The van der Waals surface area contributed by atoms with Crippen molar-refractivity contribution in [2.45, 2.75) is 22.8 Å². The second-order valence-corrected chi connectivity index (χ2v) is 9.08. The number of carbonyl (C=O) groups excluding carboxylic acids is 1. The summed E-state index contributed by atoms with van der Waals surface area (Å²) in [6.45, 7) is 0. The van der Waals surface area contributed by atoms with Crippen LogP contribution < -0.4 is 10.0 Å². The van der Waals surface area contributed by atoms with E-state index < -0.39 is 27.4 Å². The van der Waals surface area contributed by atoms with E-state index in [1.54, 1.807) is 54.6 Å². The van der Waals surface area contributed by atoms with Crippen LogP contribution in [0.15, 0.2) is 89.8 Å². The van der Waals surface area contributed by atoms with E-state index >= 15 is 0 Å². The Labute approximate surface area is 179 Å². The maximum absolute atomic E-state index is 12.9. The van der Waals surface area contributed by atoms with Crippen LogP contribution in [0, 0.1) is 0 Å². The van der Waals surface area contributed by atoms with Crippen molar-refractivity contribution in [3.63, 3.8) is 0 Å². The molecule has 0 spiro atoms. The van der Waals surface area contributed by atoms with Crippen LogP contribution >= 0.6 is 0 Å². The van der Waals surface area contributed by atoms with Gasteiger partial charge in [0.05, 0.1) is 4.90 Å². The van der Waals surface area contributed by atoms with E-state index in [2.05, 4.69) is 10.0 Å². The Kier molecular flexibility index (Phi) is 5.34. The number of sulfonamides is 1. The number of hydrogen-bond acceptors (Lipinski definition) is 4. The fourth-order valence-electron chi connectivity index (χ4n) is 3.55. The number of nitrogens with one attached hydrogen (secondary N) is 2. The summed E-state index contributed by atoms with van der Waals surface area (Å²) in [4.78, 5) is 24.1. The third kappa shape index (κ3) is 4.21. The highest BCUT2D eigenvalue weighted by molar-refractivity contribution is 7.89. The number of carbonyl (C=O) groups is 2. The van der Waals surface area contributed by atoms with Crippen molar-refractivity contribution in [3.8, 4) is 0 Å². The minimum atomic E-state index is -4.08. The summed E-state index contributed by atoms with van der Waals surface area (Å²) in [5.74, 6) is -1.97. The van der Waals surface area contributed by atoms with Crippen molar-refractivity contribution >= 4 is 27.6 Å². The molecule has 8 heteroatoms. The molecule has 1 aliphatic rings. The summed E-state index contributed by atoms with van der Waals surface area (Å²) in [7, 11) is -4.08. The quantitative estimate of drug-likeness (QED) is 0.526. The topological polar surface area (TPSA) is 113 Å². The number of anilines is 1. The lowest BCUT2D eigenvalue weighted by atomic mass is 10.1. The lowest BCUT2D eigenvalue weighted by molar-refractivity contribution is -0.140. The Morgan fingerprint density at radius 3 is 2.03 bits per heavy atom. The van der Waals surface area contributed by atoms with Crippen LogP contribution in [0.1, 0.15) is 28.3 Å². The smallest absolute Gasteiger partial charge is 0.325 e. The molecule has 4 rings (SSSR count). The van der Waals surface area contributed by atoms with Gasteiger partial charge in [-0.3, -0.25) is 9.59 Å². The van der Waals surface area contributed by atoms with Crippen molar-refractivity contribution in [1.29, 1.82) is 0 Å². The molecule has 1 aliphatic carbocycles. The van der Waals surface area contributed by atoms with Crippen LogP contribution in [-0.2, 0) is 14.8 Å². The molecule has 3 aromatic carbocycles. The number of carboxylic acid groups (broad SMARTS) is 1. The van der Waals surface area contributed by atoms with E-state index in [-0.39, 0.29) is 17.2 Å². The Balaban J connectivity index is 1.50. The van der Waals surface area contributed by atoms with Crippen molar-refractivity contribution in [1.82, 2.24) is 4.72 Å². The summed E-state index contributed by atoms with van der Waals surface area (Å²) >= 11 is 0. The van der Waals surface area contributed by atoms with Crippen LogP contribution in [0.2, 0.25) is 0 Å². The first-order valence-corrected chi connectivity index (χ1v) is 11.1. The fourth-order valence-corrected chi connectivity index (χ4v) is 4.96. The summed E-state index contributed by atoms with van der Waals surface area (Å²) in [6.07, 6.45) is 0.177. The Morgan fingerprint density at radius 2 is 1.45 bits per heavy atom. The Morgan fingerprint density at radius 1 is 0.871 bits per heavy atom. The molecule has 1 amide bonds. The molecule has 2 atom stereocenters. The number of amides is 1. The fraction of sp³-hybridized carbons (Fsp3) is 0.130. The minimum Gasteiger partial charge on any atom is -0.480 e. The lowest BCUT2D eigenvalue weighted by Gasteiger charge is -2.16. The van der Waals surface area contributed by atoms with E-state index in [0.717, 1.165) is 5.56 Å². The van der Waals surface area contributed by atoms with Gasteiger partial charge in [0.2, 0.25) is 10.0 Å². The van der Waals surface area contributed by atoms with Crippen LogP contribution in [-0.4, -0.2) is 30.9 Å². The summed E-state index contributed by atoms with van der Waals surface area (Å²) in [5, 5.41) is 12.4. The third-order valence-corrected chi connectivity index (χ3v) is 6.85. The highest BCUT2D eigenvalue weighted by Crippen LogP contribution is 2.52. The number of hydrogen-bond donors (Lipinski definition) is 3. The standard InChI is InChI=1S/C23H20N2O5S/c26-21(17-9-5-2-6-10-17)24-18-11-13-19(14-12-18)31(29,30)25-23(22(27)28)15-20(23)16-7-3-1-4-8-16/h1-14,20,25H,15H2,(H,24,26)(H,27,28)/t20-,23+/m1/s1. The molecule has 0 heterocycles. The number of carboxylic acids is 1. The summed E-state index contributed by atoms with van der Waals surface area (Å²) in [5.41, 5.74) is 0.103. The zero-order chi connectivity index (χ0) is 22.1. The second kappa shape index (κ2) is 7.98. The molecule has 1 saturated carbocycles. The molecule has 0 saturated heterocycles. The summed E-state index contributed by atoms with van der Waals surface area (Å²) < 4.78 is 28.1. The van der Waals surface area contributed by atoms with Gasteiger partial charge in [0.1, 0.15) is 5.54 Å². The average molecular weight is 436 g/mol. The third-order valence-electron chi connectivity index (χ3n) is 5.32. The number of rotatable bonds is 7. The van der Waals surface area contributed by atoms with Gasteiger partial charge in [0.25, 0.3) is 5.91 Å². The Bertz CT molecular complexity index is 1210. The predicted molar refractivity (Wildman–Crippen MR) is 115 cm³/mol. The molecule has 1 fully saturated rings. The minimum absolute atomic E-state index is 0.0791. The molecule has 0 radical (unpaired) electrons. The van der Waals surface area contributed by atoms with Crippen LogP contribution in [0.3, 0.4) is 0 Å². The van der Waals surface area contributed by atoms with Gasteiger partial charge in [-0.05, 0) is 48.4 Å². The molecule has 0 unspecified atom stereocenters. The van der Waals surface area contributed by atoms with E-state index in [1.165, 1.54) is 24.3 Å². The van der Waals surface area contributed by atoms with Gasteiger partial charge >= 0.3 is 5.97 Å². The normalized spacial score (nSPS) is 20.1. The van der Waals surface area contributed by atoms with Crippen molar-refractivity contribution in [3.05, 3.63) is 96.1 Å². The first-order valence-electron chi connectivity index (χ1n) is 9.61. The Hall–Kier alpha value is -3.49. The highest BCUT2D eigenvalue weighted by atomic mass is 32.2. The molecule has 158 valence electrons. The van der Waals surface area contributed by atoms with Crippen molar-refractivity contribution < 1.29 is 23.1 Å². The van der Waals surface area contributed by atoms with E-state index in [0.29, 0.717) is 11.3 Å². The van der Waals surface area contributed by atoms with Crippen LogP contribution in [0.25, 0.3) is 0 Å². The van der Waals surface area contributed by atoms with Gasteiger partial charge < -0.3 is 10.4 Å². The molecule has 31 heavy (non-hydrogen) atoms. The molecular formula is C23H20N2O5S. The number of benzene rings is 3. The highest BCUT2D eigenvalue weighted by Gasteiger charge is 2.63. The first kappa shape index (κ1) is 20.8. The molecule has 0 aliphatic heterocycles. The first-order chi connectivity index (χ1) is 14.8. The monoisotopic (exact) mass is 436 g/mol. The van der Waals surface area contributed by atoms with Gasteiger partial charge in [0, 0.05) is 17.2 Å². The molecular weight excluding hydrogens is 416 g/mol. The maximum Gasteiger partial charge on any atom is 0.325 e. The van der Waals surface area contributed by atoms with Gasteiger partial charge in [-0.1, -0.05) is 48.5 Å². The molecule has 0 bridgehead atoms. The summed E-state index contributed by atoms with van der Waals surface area (Å²) in [6, 6.07) is 23.2. The van der Waals surface area contributed by atoms with Crippen LogP contribution in [0.5, 0.6) is 0 Å². The number of aliphatic carboxylic acids is 1. The van der Waals surface area contributed by atoms with Crippen LogP contribution in [0.4, 0.5) is 5.69 Å². The zero-order valence-electron chi connectivity index (χ0n) is 16.4. The van der Waals surface area contributed by atoms with E-state index in [4.69, 9.17) is 0 Å². The van der Waals surface area contributed by atoms with E-state index in [1.807, 2.05) is 6.07 Å². The average Bonchev–Trinajstić information content (AvgIpc) is 3.50. The largest absolute Gasteiger partial charge is 0.480 e. The lowest BCUT2D eigenvalue weighted by Crippen LogP contribution is -2.44. The molecule has 3 aromatic rings. The maximum atomic E-state index is 12.9. The molecule has 7 nitrogen and oxygen atoms in total. The van der Waals surface area contributed by atoms with Crippen molar-refractivity contribution in [2.24, 2.45) is 0 Å². The second-order valence-electron chi connectivity index (χ2n) is 7.39.